The van der Waals surface area contributed by atoms with Gasteiger partial charge in [-0.15, -0.1) is 0 Å². The number of Topliss-reactive ketones (excluding diaryl/α,β-unsaturated/α-hetero) is 1. The molecule has 0 aliphatic heterocycles. The smallest absolute Gasteiger partial charge is 0.203 e. The highest BCUT2D eigenvalue weighted by Gasteiger charge is 2.26. The van der Waals surface area contributed by atoms with Gasteiger partial charge in [-0.1, -0.05) is 20.8 Å². The number of ketones is 1. The van der Waals surface area contributed by atoms with Crippen LogP contribution >= 0.6 is 0 Å². The Hall–Kier alpha value is -1.91. The zero-order chi connectivity index (χ0) is 14.6. The predicted molar refractivity (Wildman–Crippen MR) is 70.3 cm³/mol. The van der Waals surface area contributed by atoms with E-state index < -0.39 is 0 Å². The average Bonchev–Trinajstić information content (AvgIpc) is 2.86. The van der Waals surface area contributed by atoms with Gasteiger partial charge in [0.05, 0.1) is 12.0 Å². The third kappa shape index (κ3) is 3.84. The maximum atomic E-state index is 11.8. The first kappa shape index (κ1) is 12.5. The van der Waals surface area contributed by atoms with Gasteiger partial charge in [-0.05, 0) is 6.92 Å². The lowest BCUT2D eigenvalue weighted by atomic mass is 9.90. The van der Waals surface area contributed by atoms with Crippen LogP contribution in [0.3, 0.4) is 0 Å². The second-order valence-electron chi connectivity index (χ2n) is 5.11. The Morgan fingerprint density at radius 2 is 2.17 bits per heavy atom. The van der Waals surface area contributed by atoms with Crippen LogP contribution in [0, 0.1) is 12.3 Å². The van der Waals surface area contributed by atoms with Crippen molar-refractivity contribution >= 4 is 5.78 Å². The van der Waals surface area contributed by atoms with E-state index in [0.717, 1.165) is 10.7 Å². The number of nitrogens with zero attached hydrogens (tertiary/aromatic N) is 3. The number of hydrogen-bond donors (Lipinski definition) is 1. The molecule has 0 saturated heterocycles. The number of hydrogen-bond acceptors (Lipinski definition) is 3. The van der Waals surface area contributed by atoms with Crippen LogP contribution in [0.25, 0.3) is 0 Å². The molecular weight excluding hydrogens is 228 g/mol. The van der Waals surface area contributed by atoms with E-state index in [9.17, 15) is 4.79 Å². The van der Waals surface area contributed by atoms with Gasteiger partial charge in [-0.2, -0.15) is 0 Å². The molecule has 2 heterocycles. The number of H-pyrrole nitrogens is 1. The van der Waals surface area contributed by atoms with Crippen molar-refractivity contribution < 1.29 is 6.21 Å². The maximum Gasteiger partial charge on any atom is 0.203 e. The van der Waals surface area contributed by atoms with E-state index in [2.05, 4.69) is 9.97 Å². The number of aromatic nitrogens is 4. The third-order valence-corrected chi connectivity index (χ3v) is 2.25. The van der Waals surface area contributed by atoms with Gasteiger partial charge in [0.15, 0.2) is 7.24 Å². The molecule has 5 nitrogen and oxygen atoms in total. The average molecular weight is 250 g/mol. The Morgan fingerprint density at radius 1 is 1.50 bits per heavy atom. The number of aromatic amines is 1. The summed E-state index contributed by atoms with van der Waals surface area (Å²) in [4.78, 5) is 20.7. The molecule has 0 saturated carbocycles. The number of rotatable bonds is 1. The molecule has 1 N–H and O–H groups in total. The standard InChI is InChI=1S/C10H16N2O.C3H4N2/c1-7-6-12(5)9(11-7)8(13)10(2,3)4;1-2-5-3-4-1/h6H,1-5H3;1-3H,(H,4,5)/i/hT. The van der Waals surface area contributed by atoms with Crippen molar-refractivity contribution in [1.29, 1.82) is 0 Å². The Labute approximate surface area is 109 Å². The normalized spacial score (nSPS) is 11.5. The fourth-order valence-electron chi connectivity index (χ4n) is 1.35. The van der Waals surface area contributed by atoms with Gasteiger partial charge < -0.3 is 9.54 Å². The first-order valence-electron chi connectivity index (χ1n) is 6.18. The minimum atomic E-state index is -0.356. The van der Waals surface area contributed by atoms with Crippen LogP contribution in [0.1, 0.15) is 37.1 Å². The van der Waals surface area contributed by atoms with E-state index in [1.807, 2.05) is 40.9 Å². The van der Waals surface area contributed by atoms with Crippen molar-refractivity contribution in [2.75, 3.05) is 0 Å². The molecule has 18 heavy (non-hydrogen) atoms. The summed E-state index contributed by atoms with van der Waals surface area (Å²) in [6, 6.07) is 0. The fraction of sp³-hybridized carbons (Fsp3) is 0.462. The highest BCUT2D eigenvalue weighted by molar-refractivity contribution is 5.96. The summed E-state index contributed by atoms with van der Waals surface area (Å²) in [6.45, 7) is 7.59. The molecule has 5 heteroatoms. The molecule has 0 aromatic carbocycles. The van der Waals surface area contributed by atoms with Gasteiger partial charge in [-0.3, -0.25) is 4.79 Å². The Kier molecular flexibility index (Phi) is 3.92. The fourth-order valence-corrected chi connectivity index (χ4v) is 1.35. The molecule has 0 amide bonds. The molecule has 2 rings (SSSR count). The summed E-state index contributed by atoms with van der Waals surface area (Å²) in [6.07, 6.45) is 6.39. The van der Waals surface area contributed by atoms with Crippen LogP contribution in [0.4, 0.5) is 0 Å². The molecule has 0 spiro atoms. The van der Waals surface area contributed by atoms with Crippen LogP contribution in [-0.2, 0) is 7.05 Å². The predicted octanol–water partition coefficient (Wildman–Crippen LogP) is 2.37. The second kappa shape index (κ2) is 5.62. The topological polar surface area (TPSA) is 63.6 Å². The molecule has 0 radical (unpaired) electrons. The number of nitrogens with one attached hydrogen (secondary N) is 1. The van der Waals surface area contributed by atoms with E-state index in [4.69, 9.17) is 1.41 Å². The van der Waals surface area contributed by atoms with Crippen LogP contribution in [0.5, 0.6) is 0 Å². The summed E-state index contributed by atoms with van der Waals surface area (Å²) in [5.74, 6) is 0.633. The monoisotopic (exact) mass is 250 g/mol. The number of imidazole rings is 2. The lowest BCUT2D eigenvalue weighted by Gasteiger charge is -2.15. The lowest BCUT2D eigenvalue weighted by molar-refractivity contribution is 0.0843. The number of carbonyl (C=O) groups excluding carboxylic acids is 1. The number of aryl methyl sites for hydroxylation is 2. The summed E-state index contributed by atoms with van der Waals surface area (Å²) in [7, 11) is 1.85. The van der Waals surface area contributed by atoms with Gasteiger partial charge in [0.1, 0.15) is 0 Å². The molecule has 0 unspecified atom stereocenters. The van der Waals surface area contributed by atoms with Crippen molar-refractivity contribution in [2.24, 2.45) is 12.5 Å². The molecule has 98 valence electrons. The minimum absolute atomic E-state index is 0.0862. The zero-order valence-electron chi connectivity index (χ0n) is 12.5. The first-order chi connectivity index (χ1) is 8.71. The summed E-state index contributed by atoms with van der Waals surface area (Å²) >= 11 is 0. The zero-order valence-corrected chi connectivity index (χ0v) is 11.5. The minimum Gasteiger partial charge on any atom is -0.351 e. The van der Waals surface area contributed by atoms with Crippen molar-refractivity contribution in [3.8, 4) is 0 Å². The van der Waals surface area contributed by atoms with Gasteiger partial charge in [0.25, 0.3) is 0 Å². The van der Waals surface area contributed by atoms with E-state index in [1.165, 1.54) is 6.33 Å². The van der Waals surface area contributed by atoms with Crippen LogP contribution in [0.15, 0.2) is 24.9 Å². The van der Waals surface area contributed by atoms with Crippen LogP contribution in [-0.4, -0.2) is 25.3 Å². The largest absolute Gasteiger partial charge is 0.351 e. The van der Waals surface area contributed by atoms with E-state index in [-0.39, 0.29) is 11.2 Å². The maximum absolute atomic E-state index is 11.8. The molecule has 2 aromatic rings. The van der Waals surface area contributed by atoms with Crippen LogP contribution < -0.4 is 0 Å². The first-order valence-corrected chi connectivity index (χ1v) is 5.74. The molecule has 2 aromatic heterocycles. The molecule has 0 aliphatic carbocycles. The quantitative estimate of drug-likeness (QED) is 0.790. The Bertz CT molecular complexity index is 537. The highest BCUT2D eigenvalue weighted by Crippen LogP contribution is 2.19. The van der Waals surface area contributed by atoms with E-state index in [0.29, 0.717) is 5.82 Å². The van der Waals surface area contributed by atoms with Gasteiger partial charge in [0, 0.05) is 31.1 Å². The van der Waals surface area contributed by atoms with E-state index >= 15 is 0 Å². The van der Waals surface area contributed by atoms with Gasteiger partial charge in [0.2, 0.25) is 5.78 Å². The molecule has 0 bridgehead atoms. The van der Waals surface area contributed by atoms with Crippen molar-refractivity contribution in [1.82, 2.24) is 19.5 Å². The molecule has 0 atom stereocenters. The molecular formula is C13H20N4O. The van der Waals surface area contributed by atoms with E-state index in [1.54, 1.807) is 17.0 Å². The third-order valence-electron chi connectivity index (χ3n) is 2.25. The SMILES string of the molecule is Cc1cn(C)c(C(=O)C(C)(C)C)n1.[3H]n1ccnc1. The van der Waals surface area contributed by atoms with Gasteiger partial charge >= 0.3 is 0 Å². The lowest BCUT2D eigenvalue weighted by Crippen LogP contribution is -2.23. The Balaban J connectivity index is 0.000000250. The number of carbonyl (C=O) groups is 1. The summed E-state index contributed by atoms with van der Waals surface area (Å²) in [5.41, 5.74) is 0.529. The van der Waals surface area contributed by atoms with Crippen molar-refractivity contribution in [2.45, 2.75) is 27.7 Å². The van der Waals surface area contributed by atoms with Crippen molar-refractivity contribution in [3.05, 3.63) is 36.4 Å². The second-order valence-corrected chi connectivity index (χ2v) is 5.11. The van der Waals surface area contributed by atoms with Gasteiger partial charge in [-0.25, -0.2) is 9.97 Å². The summed E-state index contributed by atoms with van der Waals surface area (Å²) < 4.78 is 8.51. The summed E-state index contributed by atoms with van der Waals surface area (Å²) in [5, 5.41) is 0. The molecule has 0 fully saturated rings. The molecule has 0 aliphatic rings. The Morgan fingerprint density at radius 3 is 2.44 bits per heavy atom. The van der Waals surface area contributed by atoms with Crippen molar-refractivity contribution in [3.63, 3.8) is 0 Å². The highest BCUT2D eigenvalue weighted by atomic mass is 16.1. The van der Waals surface area contributed by atoms with Crippen LogP contribution in [0.2, 0.25) is 1.41 Å².